The predicted octanol–water partition coefficient (Wildman–Crippen LogP) is 1.59. The number of nitrogens with one attached hydrogen (secondary N) is 1. The van der Waals surface area contributed by atoms with Crippen LogP contribution in [0, 0.1) is 0 Å². The van der Waals surface area contributed by atoms with E-state index in [1.54, 1.807) is 11.0 Å². The van der Waals surface area contributed by atoms with Gasteiger partial charge in [0.05, 0.1) is 12.5 Å². The molecule has 0 saturated carbocycles. The molecule has 1 aliphatic heterocycles. The van der Waals surface area contributed by atoms with Gasteiger partial charge in [0, 0.05) is 18.3 Å². The Morgan fingerprint density at radius 2 is 2.10 bits per heavy atom. The lowest BCUT2D eigenvalue weighted by molar-refractivity contribution is -0.139. The van der Waals surface area contributed by atoms with E-state index in [9.17, 15) is 14.7 Å². The number of nitrogens with zero attached hydrogens (tertiary/aromatic N) is 1. The van der Waals surface area contributed by atoms with Crippen molar-refractivity contribution in [1.82, 2.24) is 5.32 Å². The first-order valence-electron chi connectivity index (χ1n) is 6.86. The number of hydrogen-bond donors (Lipinski definition) is 2. The second-order valence-electron chi connectivity index (χ2n) is 5.32. The molecule has 0 bridgehead atoms. The number of benzene rings is 1. The zero-order chi connectivity index (χ0) is 14.7. The minimum absolute atomic E-state index is 0.0185. The summed E-state index contributed by atoms with van der Waals surface area (Å²) in [5.74, 6) is -1.37. The molecule has 1 amide bonds. The number of amides is 1. The first kappa shape index (κ1) is 14.5. The molecule has 1 unspecified atom stereocenters. The maximum Gasteiger partial charge on any atom is 0.311 e. The van der Waals surface area contributed by atoms with E-state index in [0.717, 1.165) is 11.3 Å². The van der Waals surface area contributed by atoms with Crippen molar-refractivity contribution in [2.24, 2.45) is 0 Å². The van der Waals surface area contributed by atoms with Crippen LogP contribution in [0.3, 0.4) is 0 Å². The van der Waals surface area contributed by atoms with Crippen LogP contribution < -0.4 is 10.2 Å². The minimum atomic E-state index is -0.829. The Labute approximate surface area is 118 Å². The Morgan fingerprint density at radius 3 is 2.75 bits per heavy atom. The molecule has 1 aromatic rings. The van der Waals surface area contributed by atoms with Crippen molar-refractivity contribution in [3.63, 3.8) is 0 Å². The predicted molar refractivity (Wildman–Crippen MR) is 76.9 cm³/mol. The van der Waals surface area contributed by atoms with Gasteiger partial charge in [-0.2, -0.15) is 0 Å². The average Bonchev–Trinajstić information content (AvgIpc) is 2.43. The highest BCUT2D eigenvalue weighted by molar-refractivity contribution is 5.97. The molecule has 0 aromatic heterocycles. The first-order chi connectivity index (χ1) is 9.50. The first-order valence-corrected chi connectivity index (χ1v) is 6.86. The van der Waals surface area contributed by atoms with Crippen molar-refractivity contribution < 1.29 is 14.7 Å². The summed E-state index contributed by atoms with van der Waals surface area (Å²) < 4.78 is 0. The fourth-order valence-electron chi connectivity index (χ4n) is 2.46. The fourth-order valence-corrected chi connectivity index (χ4v) is 2.46. The second kappa shape index (κ2) is 6.05. The lowest BCUT2D eigenvalue weighted by Crippen LogP contribution is -2.43. The highest BCUT2D eigenvalue weighted by atomic mass is 16.4. The monoisotopic (exact) mass is 276 g/mol. The quantitative estimate of drug-likeness (QED) is 0.876. The molecule has 1 aromatic carbocycles. The van der Waals surface area contributed by atoms with Crippen LogP contribution in [0.1, 0.15) is 31.7 Å². The molecular formula is C15H20N2O3. The minimum Gasteiger partial charge on any atom is -0.481 e. The topological polar surface area (TPSA) is 69.6 Å². The van der Waals surface area contributed by atoms with Gasteiger partial charge in [-0.15, -0.1) is 0 Å². The highest BCUT2D eigenvalue weighted by Gasteiger charge is 2.31. The van der Waals surface area contributed by atoms with E-state index in [2.05, 4.69) is 5.32 Å². The SMILES string of the molecule is CC(C)NCC(=O)N1CCC(C(=O)O)c2ccccc21. The molecule has 2 rings (SSSR count). The van der Waals surface area contributed by atoms with Crippen LogP contribution in [-0.4, -0.2) is 36.1 Å². The molecule has 1 atom stereocenters. The summed E-state index contributed by atoms with van der Waals surface area (Å²) in [4.78, 5) is 25.2. The largest absolute Gasteiger partial charge is 0.481 e. The molecule has 5 nitrogen and oxygen atoms in total. The molecule has 108 valence electrons. The molecule has 0 spiro atoms. The Bertz CT molecular complexity index is 514. The van der Waals surface area contributed by atoms with Crippen LogP contribution in [-0.2, 0) is 9.59 Å². The Kier molecular flexibility index (Phi) is 4.39. The lowest BCUT2D eigenvalue weighted by Gasteiger charge is -2.33. The van der Waals surface area contributed by atoms with E-state index >= 15 is 0 Å². The van der Waals surface area contributed by atoms with Crippen LogP contribution >= 0.6 is 0 Å². The van der Waals surface area contributed by atoms with E-state index in [-0.39, 0.29) is 18.5 Å². The number of carbonyl (C=O) groups is 2. The molecule has 0 aliphatic carbocycles. The molecule has 1 heterocycles. The maximum absolute atomic E-state index is 12.3. The van der Waals surface area contributed by atoms with Crippen LogP contribution in [0.4, 0.5) is 5.69 Å². The number of fused-ring (bicyclic) bond motifs is 1. The smallest absolute Gasteiger partial charge is 0.311 e. The van der Waals surface area contributed by atoms with Gasteiger partial charge in [-0.25, -0.2) is 0 Å². The number of hydrogen-bond acceptors (Lipinski definition) is 3. The molecule has 1 aliphatic rings. The van der Waals surface area contributed by atoms with Crippen molar-refractivity contribution in [3.8, 4) is 0 Å². The molecule has 0 saturated heterocycles. The van der Waals surface area contributed by atoms with Gasteiger partial charge < -0.3 is 15.3 Å². The lowest BCUT2D eigenvalue weighted by atomic mass is 9.90. The van der Waals surface area contributed by atoms with E-state index < -0.39 is 11.9 Å². The Hall–Kier alpha value is -1.88. The van der Waals surface area contributed by atoms with Gasteiger partial charge in [-0.05, 0) is 18.1 Å². The number of carboxylic acid groups (broad SMARTS) is 1. The number of rotatable bonds is 4. The third-order valence-electron chi connectivity index (χ3n) is 3.51. The summed E-state index contributed by atoms with van der Waals surface area (Å²) in [6.45, 7) is 4.69. The average molecular weight is 276 g/mol. The van der Waals surface area contributed by atoms with Gasteiger partial charge in [-0.1, -0.05) is 32.0 Å². The molecular weight excluding hydrogens is 256 g/mol. The fraction of sp³-hybridized carbons (Fsp3) is 0.467. The maximum atomic E-state index is 12.3. The van der Waals surface area contributed by atoms with Gasteiger partial charge in [-0.3, -0.25) is 9.59 Å². The summed E-state index contributed by atoms with van der Waals surface area (Å²) in [6, 6.07) is 7.50. The molecule has 0 fully saturated rings. The second-order valence-corrected chi connectivity index (χ2v) is 5.32. The Morgan fingerprint density at radius 1 is 1.40 bits per heavy atom. The zero-order valence-electron chi connectivity index (χ0n) is 11.8. The van der Waals surface area contributed by atoms with Crippen LogP contribution in [0.15, 0.2) is 24.3 Å². The summed E-state index contributed by atoms with van der Waals surface area (Å²) >= 11 is 0. The summed E-state index contributed by atoms with van der Waals surface area (Å²) in [7, 11) is 0. The van der Waals surface area contributed by atoms with Crippen molar-refractivity contribution in [2.75, 3.05) is 18.0 Å². The third kappa shape index (κ3) is 2.99. The molecule has 20 heavy (non-hydrogen) atoms. The van der Waals surface area contributed by atoms with Gasteiger partial charge in [0.2, 0.25) is 5.91 Å². The van der Waals surface area contributed by atoms with Crippen LogP contribution in [0.2, 0.25) is 0 Å². The van der Waals surface area contributed by atoms with Gasteiger partial charge in [0.25, 0.3) is 0 Å². The van der Waals surface area contributed by atoms with Gasteiger partial charge >= 0.3 is 5.97 Å². The number of aliphatic carboxylic acids is 1. The van der Waals surface area contributed by atoms with E-state index in [1.165, 1.54) is 0 Å². The summed E-state index contributed by atoms with van der Waals surface area (Å²) in [5, 5.41) is 12.4. The number of para-hydroxylation sites is 1. The van der Waals surface area contributed by atoms with Crippen LogP contribution in [0.25, 0.3) is 0 Å². The summed E-state index contributed by atoms with van der Waals surface area (Å²) in [5.41, 5.74) is 1.45. The zero-order valence-corrected chi connectivity index (χ0v) is 11.8. The Balaban J connectivity index is 2.23. The van der Waals surface area contributed by atoms with Crippen molar-refractivity contribution >= 4 is 17.6 Å². The van der Waals surface area contributed by atoms with Gasteiger partial charge in [0.15, 0.2) is 0 Å². The van der Waals surface area contributed by atoms with Gasteiger partial charge in [0.1, 0.15) is 0 Å². The van der Waals surface area contributed by atoms with Crippen LogP contribution in [0.5, 0.6) is 0 Å². The molecule has 0 radical (unpaired) electrons. The van der Waals surface area contributed by atoms with Crippen molar-refractivity contribution in [1.29, 1.82) is 0 Å². The van der Waals surface area contributed by atoms with Crippen molar-refractivity contribution in [3.05, 3.63) is 29.8 Å². The number of carbonyl (C=O) groups excluding carboxylic acids is 1. The molecule has 2 N–H and O–H groups in total. The normalized spacial score (nSPS) is 17.9. The summed E-state index contributed by atoms with van der Waals surface area (Å²) in [6.07, 6.45) is 0.458. The van der Waals surface area contributed by atoms with Crippen molar-refractivity contribution in [2.45, 2.75) is 32.2 Å². The number of anilines is 1. The number of carboxylic acids is 1. The standard InChI is InChI=1S/C15H20N2O3/c1-10(2)16-9-14(18)17-8-7-12(15(19)20)11-5-3-4-6-13(11)17/h3-6,10,12,16H,7-9H2,1-2H3,(H,19,20). The van der Waals surface area contributed by atoms with E-state index in [1.807, 2.05) is 32.0 Å². The molecule has 5 heteroatoms. The van der Waals surface area contributed by atoms with E-state index in [0.29, 0.717) is 13.0 Å². The van der Waals surface area contributed by atoms with E-state index in [4.69, 9.17) is 0 Å². The third-order valence-corrected chi connectivity index (χ3v) is 3.51. The highest BCUT2D eigenvalue weighted by Crippen LogP contribution is 2.35.